The first-order valence-electron chi connectivity index (χ1n) is 6.10. The van der Waals surface area contributed by atoms with Gasteiger partial charge in [0.25, 0.3) is 0 Å². The summed E-state index contributed by atoms with van der Waals surface area (Å²) in [6.45, 7) is 4.57. The summed E-state index contributed by atoms with van der Waals surface area (Å²) >= 11 is 0. The number of oxazole rings is 1. The molecule has 2 rings (SSSR count). The summed E-state index contributed by atoms with van der Waals surface area (Å²) < 4.78 is 15.5. The van der Waals surface area contributed by atoms with E-state index in [9.17, 15) is 4.79 Å². The van der Waals surface area contributed by atoms with Crippen LogP contribution in [-0.4, -0.2) is 24.2 Å². The van der Waals surface area contributed by atoms with Crippen molar-refractivity contribution in [2.75, 3.05) is 13.2 Å². The molecule has 0 aliphatic heterocycles. The zero-order chi connectivity index (χ0) is 13.7. The topological polar surface area (TPSA) is 61.6 Å². The van der Waals surface area contributed by atoms with Crippen molar-refractivity contribution in [1.82, 2.24) is 4.98 Å². The number of hydrogen-bond donors (Lipinski definition) is 0. The molecule has 1 heterocycles. The molecule has 0 saturated heterocycles. The van der Waals surface area contributed by atoms with Crippen molar-refractivity contribution in [1.29, 1.82) is 0 Å². The van der Waals surface area contributed by atoms with Crippen LogP contribution < -0.4 is 4.74 Å². The minimum atomic E-state index is -0.486. The van der Waals surface area contributed by atoms with E-state index < -0.39 is 5.97 Å². The van der Waals surface area contributed by atoms with Crippen molar-refractivity contribution >= 4 is 5.97 Å². The minimum absolute atomic E-state index is 0.186. The van der Waals surface area contributed by atoms with E-state index >= 15 is 0 Å². The quantitative estimate of drug-likeness (QED) is 0.774. The van der Waals surface area contributed by atoms with Crippen molar-refractivity contribution < 1.29 is 18.7 Å². The van der Waals surface area contributed by atoms with Crippen LogP contribution in [0.4, 0.5) is 0 Å². The molecule has 5 heteroatoms. The van der Waals surface area contributed by atoms with E-state index in [0.29, 0.717) is 19.0 Å². The molecule has 0 amide bonds. The highest BCUT2D eigenvalue weighted by molar-refractivity contribution is 5.93. The fourth-order valence-corrected chi connectivity index (χ4v) is 1.67. The first-order valence-corrected chi connectivity index (χ1v) is 6.10. The maximum Gasteiger partial charge on any atom is 0.360 e. The SMILES string of the molecule is CCOC(=O)c1ncoc1-c1ccc(OCC)cc1. The molecule has 19 heavy (non-hydrogen) atoms. The number of carbonyl (C=O) groups is 1. The van der Waals surface area contributed by atoms with Gasteiger partial charge in [0, 0.05) is 5.56 Å². The minimum Gasteiger partial charge on any atom is -0.494 e. The number of aromatic nitrogens is 1. The van der Waals surface area contributed by atoms with Crippen LogP contribution in [0.5, 0.6) is 5.75 Å². The third-order valence-electron chi connectivity index (χ3n) is 2.46. The molecule has 0 saturated carbocycles. The van der Waals surface area contributed by atoms with Gasteiger partial charge in [-0.05, 0) is 38.1 Å². The molecular weight excluding hydrogens is 246 g/mol. The lowest BCUT2D eigenvalue weighted by atomic mass is 10.1. The van der Waals surface area contributed by atoms with Crippen LogP contribution in [0, 0.1) is 0 Å². The molecule has 0 atom stereocenters. The molecule has 1 aromatic heterocycles. The molecule has 0 spiro atoms. The van der Waals surface area contributed by atoms with E-state index in [1.807, 2.05) is 31.2 Å². The fraction of sp³-hybridized carbons (Fsp3) is 0.286. The maximum atomic E-state index is 11.7. The van der Waals surface area contributed by atoms with Crippen LogP contribution in [0.2, 0.25) is 0 Å². The van der Waals surface area contributed by atoms with Crippen molar-refractivity contribution in [2.45, 2.75) is 13.8 Å². The predicted molar refractivity (Wildman–Crippen MR) is 69.1 cm³/mol. The van der Waals surface area contributed by atoms with E-state index in [2.05, 4.69) is 4.98 Å². The Balaban J connectivity index is 2.26. The van der Waals surface area contributed by atoms with Gasteiger partial charge >= 0.3 is 5.97 Å². The molecule has 0 fully saturated rings. The number of benzene rings is 1. The Bertz CT molecular complexity index is 545. The normalized spacial score (nSPS) is 10.2. The number of carbonyl (C=O) groups excluding carboxylic acids is 1. The molecule has 0 aliphatic rings. The van der Waals surface area contributed by atoms with Crippen LogP contribution in [0.15, 0.2) is 35.1 Å². The smallest absolute Gasteiger partial charge is 0.360 e. The summed E-state index contributed by atoms with van der Waals surface area (Å²) in [6, 6.07) is 7.26. The Kier molecular flexibility index (Phi) is 4.18. The van der Waals surface area contributed by atoms with E-state index in [-0.39, 0.29) is 5.69 Å². The summed E-state index contributed by atoms with van der Waals surface area (Å²) in [5.41, 5.74) is 0.940. The maximum absolute atomic E-state index is 11.7. The van der Waals surface area contributed by atoms with Crippen LogP contribution in [0.25, 0.3) is 11.3 Å². The Morgan fingerprint density at radius 3 is 2.58 bits per heavy atom. The average Bonchev–Trinajstić information content (AvgIpc) is 2.89. The monoisotopic (exact) mass is 261 g/mol. The lowest BCUT2D eigenvalue weighted by Gasteiger charge is -2.04. The average molecular weight is 261 g/mol. The van der Waals surface area contributed by atoms with Crippen molar-refractivity contribution in [3.05, 3.63) is 36.4 Å². The first-order chi connectivity index (χ1) is 9.26. The third kappa shape index (κ3) is 2.93. The molecule has 0 unspecified atom stereocenters. The highest BCUT2D eigenvalue weighted by Gasteiger charge is 2.19. The van der Waals surface area contributed by atoms with Crippen LogP contribution >= 0.6 is 0 Å². The third-order valence-corrected chi connectivity index (χ3v) is 2.46. The molecule has 5 nitrogen and oxygen atoms in total. The highest BCUT2D eigenvalue weighted by atomic mass is 16.5. The summed E-state index contributed by atoms with van der Waals surface area (Å²) in [4.78, 5) is 15.6. The molecule has 0 bridgehead atoms. The van der Waals surface area contributed by atoms with Gasteiger partial charge in [0.05, 0.1) is 13.2 Å². The second-order valence-corrected chi connectivity index (χ2v) is 3.71. The van der Waals surface area contributed by atoms with Crippen molar-refractivity contribution in [3.8, 4) is 17.1 Å². The summed E-state index contributed by atoms with van der Waals surface area (Å²) in [5.74, 6) is 0.685. The molecule has 2 aromatic rings. The summed E-state index contributed by atoms with van der Waals surface area (Å²) in [5, 5.41) is 0. The van der Waals surface area contributed by atoms with Gasteiger partial charge in [0.15, 0.2) is 17.8 Å². The zero-order valence-electron chi connectivity index (χ0n) is 10.9. The highest BCUT2D eigenvalue weighted by Crippen LogP contribution is 2.25. The Labute approximate surface area is 111 Å². The first kappa shape index (κ1) is 13.1. The molecule has 0 aliphatic carbocycles. The predicted octanol–water partition coefficient (Wildman–Crippen LogP) is 2.92. The molecule has 0 radical (unpaired) electrons. The van der Waals surface area contributed by atoms with Gasteiger partial charge in [-0.15, -0.1) is 0 Å². The summed E-state index contributed by atoms with van der Waals surface area (Å²) in [6.07, 6.45) is 1.23. The molecule has 100 valence electrons. The number of nitrogens with zero attached hydrogens (tertiary/aromatic N) is 1. The Morgan fingerprint density at radius 2 is 1.95 bits per heavy atom. The largest absolute Gasteiger partial charge is 0.494 e. The van der Waals surface area contributed by atoms with Crippen molar-refractivity contribution in [3.63, 3.8) is 0 Å². The van der Waals surface area contributed by atoms with Crippen LogP contribution in [0.1, 0.15) is 24.3 Å². The van der Waals surface area contributed by atoms with E-state index in [1.54, 1.807) is 6.92 Å². The Morgan fingerprint density at radius 1 is 1.21 bits per heavy atom. The fourth-order valence-electron chi connectivity index (χ4n) is 1.67. The molecular formula is C14H15NO4. The lowest BCUT2D eigenvalue weighted by molar-refractivity contribution is 0.0520. The number of rotatable bonds is 5. The number of esters is 1. The van der Waals surface area contributed by atoms with Gasteiger partial charge in [-0.2, -0.15) is 0 Å². The van der Waals surface area contributed by atoms with Gasteiger partial charge in [-0.3, -0.25) is 0 Å². The van der Waals surface area contributed by atoms with Crippen LogP contribution in [-0.2, 0) is 4.74 Å². The standard InChI is InChI=1S/C14H15NO4/c1-3-17-11-7-5-10(6-8-11)13-12(15-9-19-13)14(16)18-4-2/h5-9H,3-4H2,1-2H3. The Hall–Kier alpha value is -2.30. The van der Waals surface area contributed by atoms with E-state index in [0.717, 1.165) is 11.3 Å². The van der Waals surface area contributed by atoms with E-state index in [4.69, 9.17) is 13.9 Å². The van der Waals surface area contributed by atoms with Gasteiger partial charge in [-0.25, -0.2) is 9.78 Å². The van der Waals surface area contributed by atoms with E-state index in [1.165, 1.54) is 6.39 Å². The molecule has 0 N–H and O–H groups in total. The second kappa shape index (κ2) is 6.04. The van der Waals surface area contributed by atoms with Gasteiger partial charge in [-0.1, -0.05) is 0 Å². The lowest BCUT2D eigenvalue weighted by Crippen LogP contribution is -2.06. The van der Waals surface area contributed by atoms with Crippen LogP contribution in [0.3, 0.4) is 0 Å². The number of hydrogen-bond acceptors (Lipinski definition) is 5. The number of ether oxygens (including phenoxy) is 2. The van der Waals surface area contributed by atoms with Gasteiger partial charge in [0.1, 0.15) is 5.75 Å². The van der Waals surface area contributed by atoms with Crippen molar-refractivity contribution in [2.24, 2.45) is 0 Å². The van der Waals surface area contributed by atoms with Gasteiger partial charge in [0.2, 0.25) is 0 Å². The zero-order valence-corrected chi connectivity index (χ0v) is 10.9. The molecule has 1 aromatic carbocycles. The van der Waals surface area contributed by atoms with Gasteiger partial charge < -0.3 is 13.9 Å². The second-order valence-electron chi connectivity index (χ2n) is 3.71. The summed E-state index contributed by atoms with van der Waals surface area (Å²) in [7, 11) is 0.